The maximum atomic E-state index is 14.3. The number of benzene rings is 1. The van der Waals surface area contributed by atoms with Gasteiger partial charge in [-0.2, -0.15) is 5.10 Å². The van der Waals surface area contributed by atoms with Crippen LogP contribution in [0.25, 0.3) is 0 Å². The van der Waals surface area contributed by atoms with Gasteiger partial charge in [0.05, 0.1) is 12.2 Å². The Morgan fingerprint density at radius 2 is 1.96 bits per heavy atom. The minimum Gasteiger partial charge on any atom is -0.327 e. The standard InChI is InChI=1S/C17H21F3N4O2S/c1-10-14(7-13(18)4-5-21)11(2)24(23-10)9-12-6-16(20)17(8-15(12)19)27(25,26)22-3/h4,6,8,22H,5,7,9,21H2,1-3H3. The minimum absolute atomic E-state index is 0.00502. The number of rotatable bonds is 7. The van der Waals surface area contributed by atoms with Gasteiger partial charge in [0.2, 0.25) is 10.0 Å². The van der Waals surface area contributed by atoms with Crippen LogP contribution in [0.15, 0.2) is 28.9 Å². The van der Waals surface area contributed by atoms with E-state index < -0.39 is 32.4 Å². The van der Waals surface area contributed by atoms with Crippen molar-refractivity contribution in [1.29, 1.82) is 0 Å². The highest BCUT2D eigenvalue weighted by atomic mass is 32.2. The Kier molecular flexibility index (Phi) is 6.45. The molecule has 0 aliphatic carbocycles. The Hall–Kier alpha value is -2.17. The topological polar surface area (TPSA) is 90.0 Å². The molecule has 1 aromatic carbocycles. The summed E-state index contributed by atoms with van der Waals surface area (Å²) in [6.07, 6.45) is 1.26. The molecule has 1 aromatic heterocycles. The molecule has 6 nitrogen and oxygen atoms in total. The van der Waals surface area contributed by atoms with E-state index in [1.54, 1.807) is 13.8 Å². The number of aromatic nitrogens is 2. The number of halogens is 3. The van der Waals surface area contributed by atoms with E-state index in [4.69, 9.17) is 5.73 Å². The number of hydrogen-bond acceptors (Lipinski definition) is 4. The third kappa shape index (κ3) is 4.57. The van der Waals surface area contributed by atoms with Crippen LogP contribution in [0.2, 0.25) is 0 Å². The number of allylic oxidation sites excluding steroid dienone is 1. The Morgan fingerprint density at radius 1 is 1.30 bits per heavy atom. The molecule has 2 aromatic rings. The van der Waals surface area contributed by atoms with E-state index in [2.05, 4.69) is 5.10 Å². The molecule has 10 heteroatoms. The van der Waals surface area contributed by atoms with Gasteiger partial charge in [0.25, 0.3) is 0 Å². The van der Waals surface area contributed by atoms with E-state index in [9.17, 15) is 21.6 Å². The molecule has 0 fully saturated rings. The number of nitrogens with one attached hydrogen (secondary N) is 1. The van der Waals surface area contributed by atoms with E-state index in [1.165, 1.54) is 10.8 Å². The highest BCUT2D eigenvalue weighted by molar-refractivity contribution is 7.89. The van der Waals surface area contributed by atoms with Crippen LogP contribution in [0.3, 0.4) is 0 Å². The molecule has 0 spiro atoms. The summed E-state index contributed by atoms with van der Waals surface area (Å²) in [4.78, 5) is -0.769. The molecule has 0 atom stereocenters. The zero-order valence-corrected chi connectivity index (χ0v) is 16.0. The highest BCUT2D eigenvalue weighted by Gasteiger charge is 2.21. The maximum absolute atomic E-state index is 14.3. The summed E-state index contributed by atoms with van der Waals surface area (Å²) in [5.74, 6) is -2.35. The number of sulfonamides is 1. The Balaban J connectivity index is 2.38. The van der Waals surface area contributed by atoms with Crippen molar-refractivity contribution >= 4 is 10.0 Å². The largest absolute Gasteiger partial charge is 0.327 e. The molecule has 0 bridgehead atoms. The minimum atomic E-state index is -4.12. The van der Waals surface area contributed by atoms with Gasteiger partial charge in [-0.25, -0.2) is 26.3 Å². The second kappa shape index (κ2) is 8.24. The second-order valence-corrected chi connectivity index (χ2v) is 7.81. The van der Waals surface area contributed by atoms with E-state index in [1.807, 2.05) is 4.72 Å². The summed E-state index contributed by atoms with van der Waals surface area (Å²) < 4.78 is 69.1. The first-order valence-electron chi connectivity index (χ1n) is 8.09. The van der Waals surface area contributed by atoms with Crippen LogP contribution in [-0.4, -0.2) is 31.8 Å². The number of aryl methyl sites for hydroxylation is 1. The molecule has 0 radical (unpaired) electrons. The maximum Gasteiger partial charge on any atom is 0.243 e. The molecular formula is C17H21F3N4O2S. The van der Waals surface area contributed by atoms with Crippen molar-refractivity contribution in [2.24, 2.45) is 5.73 Å². The Bertz CT molecular complexity index is 985. The van der Waals surface area contributed by atoms with Gasteiger partial charge >= 0.3 is 0 Å². The number of nitrogens with two attached hydrogens (primary N) is 1. The third-order valence-corrected chi connectivity index (χ3v) is 5.62. The number of nitrogens with zero attached hydrogens (tertiary/aromatic N) is 2. The van der Waals surface area contributed by atoms with Crippen molar-refractivity contribution in [3.05, 3.63) is 58.2 Å². The molecule has 0 aliphatic heterocycles. The summed E-state index contributed by atoms with van der Waals surface area (Å²) in [6, 6.07) is 1.46. The van der Waals surface area contributed by atoms with Gasteiger partial charge in [-0.1, -0.05) is 0 Å². The average Bonchev–Trinajstić information content (AvgIpc) is 2.85. The predicted octanol–water partition coefficient (Wildman–Crippen LogP) is 2.09. The molecule has 2 rings (SSSR count). The van der Waals surface area contributed by atoms with Crippen molar-refractivity contribution in [3.8, 4) is 0 Å². The molecule has 27 heavy (non-hydrogen) atoms. The van der Waals surface area contributed by atoms with Crippen LogP contribution < -0.4 is 10.5 Å². The summed E-state index contributed by atoms with van der Waals surface area (Å²) in [5.41, 5.74) is 7.00. The van der Waals surface area contributed by atoms with Crippen molar-refractivity contribution < 1.29 is 21.6 Å². The molecule has 0 unspecified atom stereocenters. The quantitative estimate of drug-likeness (QED) is 0.742. The summed E-state index contributed by atoms with van der Waals surface area (Å²) in [6.45, 7) is 3.33. The van der Waals surface area contributed by atoms with E-state index >= 15 is 0 Å². The smallest absolute Gasteiger partial charge is 0.243 e. The lowest BCUT2D eigenvalue weighted by Gasteiger charge is -2.10. The Morgan fingerprint density at radius 3 is 2.56 bits per heavy atom. The molecular weight excluding hydrogens is 381 g/mol. The SMILES string of the molecule is CNS(=O)(=O)c1cc(F)c(Cn2nc(C)c(CC(F)=CCN)c2C)cc1F. The fraction of sp³-hybridized carbons (Fsp3) is 0.353. The van der Waals surface area contributed by atoms with Gasteiger partial charge in [0.1, 0.15) is 22.4 Å². The van der Waals surface area contributed by atoms with Crippen molar-refractivity contribution in [1.82, 2.24) is 14.5 Å². The van der Waals surface area contributed by atoms with Crippen LogP contribution in [0.1, 0.15) is 22.5 Å². The molecule has 0 saturated carbocycles. The normalized spacial score (nSPS) is 12.6. The lowest BCUT2D eigenvalue weighted by atomic mass is 10.1. The van der Waals surface area contributed by atoms with Crippen molar-refractivity contribution in [2.45, 2.75) is 31.7 Å². The predicted molar refractivity (Wildman–Crippen MR) is 95.4 cm³/mol. The third-order valence-electron chi connectivity index (χ3n) is 4.20. The molecule has 148 valence electrons. The van der Waals surface area contributed by atoms with Crippen LogP contribution in [0.4, 0.5) is 13.2 Å². The molecule has 0 saturated heterocycles. The van der Waals surface area contributed by atoms with Crippen LogP contribution in [-0.2, 0) is 23.0 Å². The van der Waals surface area contributed by atoms with Gasteiger partial charge in [-0.3, -0.25) is 4.68 Å². The molecule has 3 N–H and O–H groups in total. The van der Waals surface area contributed by atoms with Gasteiger partial charge < -0.3 is 5.73 Å². The summed E-state index contributed by atoms with van der Waals surface area (Å²) >= 11 is 0. The molecule has 0 amide bonds. The highest BCUT2D eigenvalue weighted by Crippen LogP contribution is 2.23. The van der Waals surface area contributed by atoms with Crippen molar-refractivity contribution in [2.75, 3.05) is 13.6 Å². The van der Waals surface area contributed by atoms with Gasteiger partial charge in [-0.05, 0) is 39.1 Å². The Labute approximate surface area is 155 Å². The monoisotopic (exact) mass is 402 g/mol. The first kappa shape index (κ1) is 21.1. The summed E-state index contributed by atoms with van der Waals surface area (Å²) in [7, 11) is -3.01. The first-order valence-corrected chi connectivity index (χ1v) is 9.58. The van der Waals surface area contributed by atoms with Gasteiger partial charge in [-0.15, -0.1) is 0 Å². The van der Waals surface area contributed by atoms with E-state index in [-0.39, 0.29) is 25.1 Å². The van der Waals surface area contributed by atoms with Crippen LogP contribution >= 0.6 is 0 Å². The van der Waals surface area contributed by atoms with Crippen LogP contribution in [0, 0.1) is 25.5 Å². The average molecular weight is 402 g/mol. The second-order valence-electron chi connectivity index (χ2n) is 5.95. The fourth-order valence-electron chi connectivity index (χ4n) is 2.68. The zero-order valence-electron chi connectivity index (χ0n) is 15.2. The summed E-state index contributed by atoms with van der Waals surface area (Å²) in [5, 5.41) is 4.25. The van der Waals surface area contributed by atoms with Gasteiger partial charge in [0.15, 0.2) is 0 Å². The van der Waals surface area contributed by atoms with E-state index in [0.717, 1.165) is 13.1 Å². The zero-order chi connectivity index (χ0) is 20.4. The van der Waals surface area contributed by atoms with E-state index in [0.29, 0.717) is 23.0 Å². The van der Waals surface area contributed by atoms with Gasteiger partial charge in [0, 0.05) is 29.8 Å². The first-order chi connectivity index (χ1) is 12.6. The molecule has 0 aliphatic rings. The molecule has 1 heterocycles. The van der Waals surface area contributed by atoms with Crippen molar-refractivity contribution in [3.63, 3.8) is 0 Å². The lowest BCUT2D eigenvalue weighted by molar-refractivity contribution is 0.533. The van der Waals surface area contributed by atoms with Crippen LogP contribution in [0.5, 0.6) is 0 Å². The fourth-order valence-corrected chi connectivity index (χ4v) is 3.48. The number of hydrogen-bond donors (Lipinski definition) is 2. The lowest BCUT2D eigenvalue weighted by Crippen LogP contribution is -2.20.